The normalized spacial score (nSPS) is 42.9. The molecule has 1 aromatic carbocycles. The number of hydrogen-bond donors (Lipinski definition) is 6. The first kappa shape index (κ1) is 55.5. The summed E-state index contributed by atoms with van der Waals surface area (Å²) in [4.78, 5) is 18.7. The molecule has 376 valence electrons. The van der Waals surface area contributed by atoms with Gasteiger partial charge in [0.15, 0.2) is 18.7 Å². The van der Waals surface area contributed by atoms with E-state index in [0.29, 0.717) is 25.3 Å². The highest BCUT2D eigenvalue weighted by Crippen LogP contribution is 2.43. The summed E-state index contributed by atoms with van der Waals surface area (Å²) in [6, 6.07) is 4.88. The van der Waals surface area contributed by atoms with Crippen molar-refractivity contribution >= 4 is 5.97 Å². The summed E-state index contributed by atoms with van der Waals surface area (Å²) in [5.41, 5.74) is -6.14. The molecule has 0 aromatic heterocycles. The molecule has 3 saturated heterocycles. The molecule has 65 heavy (non-hydrogen) atoms. The van der Waals surface area contributed by atoms with Gasteiger partial charge in [0, 0.05) is 45.1 Å². The summed E-state index contributed by atoms with van der Waals surface area (Å²) in [5.74, 6) is -2.80. The highest BCUT2D eigenvalue weighted by molar-refractivity contribution is 5.73. The Balaban J connectivity index is 1.84. The number of halogens is 1. The van der Waals surface area contributed by atoms with E-state index in [4.69, 9.17) is 33.2 Å². The number of nitrogens with one attached hydrogen (secondary N) is 2. The molecule has 18 atom stereocenters. The lowest BCUT2D eigenvalue weighted by Crippen LogP contribution is -2.70. The quantitative estimate of drug-likeness (QED) is 0.118. The van der Waals surface area contributed by atoms with E-state index in [-0.39, 0.29) is 43.9 Å². The van der Waals surface area contributed by atoms with Crippen LogP contribution in [0.3, 0.4) is 0 Å². The SMILES string of the molecule is CC[C@H]1OC(=O)[C@H](C)[C@@H](O[C@H]2C[C@@](C)(OC)[C@](O)(CNCCN(C)C)[C@H](C)O2)[C@H](C)[C@@H](O[C@@H]2O[C@H](C)C[C@H](N(C)C)[C@H]2Oc2ccc(F)cc2)[C@](C)(O)C[C@@H](C)CN[C@H](C)[C@@H](O)[C@]1(C)O. The lowest BCUT2D eigenvalue weighted by atomic mass is 9.75. The highest BCUT2D eigenvalue weighted by atomic mass is 19.1. The maximum absolute atomic E-state index is 14.6. The number of rotatable bonds is 14. The van der Waals surface area contributed by atoms with Crippen LogP contribution in [-0.2, 0) is 33.2 Å². The number of aliphatic hydroxyl groups is 4. The molecule has 6 N–H and O–H groups in total. The van der Waals surface area contributed by atoms with Crippen LogP contribution in [0, 0.1) is 23.6 Å². The van der Waals surface area contributed by atoms with Gasteiger partial charge >= 0.3 is 5.97 Å². The van der Waals surface area contributed by atoms with Gasteiger partial charge in [-0.05, 0) is 133 Å². The molecule has 1 aromatic rings. The third-order valence-electron chi connectivity index (χ3n) is 14.4. The van der Waals surface area contributed by atoms with Gasteiger partial charge in [-0.3, -0.25) is 4.79 Å². The van der Waals surface area contributed by atoms with Crippen LogP contribution in [0.4, 0.5) is 4.39 Å². The monoisotopic (exact) mass is 929 g/mol. The molecule has 3 aliphatic heterocycles. The van der Waals surface area contributed by atoms with Gasteiger partial charge in [0.25, 0.3) is 0 Å². The molecule has 0 bridgehead atoms. The summed E-state index contributed by atoms with van der Waals surface area (Å²) in [5, 5.41) is 55.1. The molecule has 0 aliphatic carbocycles. The van der Waals surface area contributed by atoms with Crippen molar-refractivity contribution < 1.29 is 62.8 Å². The predicted molar refractivity (Wildman–Crippen MR) is 245 cm³/mol. The average molecular weight is 929 g/mol. The number of ether oxygens (including phenoxy) is 7. The molecule has 0 unspecified atom stereocenters. The fourth-order valence-corrected chi connectivity index (χ4v) is 10.1. The number of cyclic esters (lactones) is 1. The fraction of sp³-hybridized carbons (Fsp3) is 0.854. The Bertz CT molecular complexity index is 1630. The Labute approximate surface area is 388 Å². The molecular formula is C48H85FN4O12. The number of methoxy groups -OCH3 is 1. The first-order valence-corrected chi connectivity index (χ1v) is 23.6. The van der Waals surface area contributed by atoms with Gasteiger partial charge in [0.1, 0.15) is 40.6 Å². The van der Waals surface area contributed by atoms with Crippen molar-refractivity contribution in [2.75, 3.05) is 61.5 Å². The number of benzene rings is 1. The van der Waals surface area contributed by atoms with Crippen molar-refractivity contribution in [3.63, 3.8) is 0 Å². The minimum absolute atomic E-state index is 0.0625. The molecular weight excluding hydrogens is 844 g/mol. The minimum Gasteiger partial charge on any atom is -0.483 e. The second-order valence-corrected chi connectivity index (χ2v) is 20.5. The van der Waals surface area contributed by atoms with E-state index in [9.17, 15) is 29.6 Å². The molecule has 3 aliphatic rings. The average Bonchev–Trinajstić information content (AvgIpc) is 3.23. The van der Waals surface area contributed by atoms with Crippen molar-refractivity contribution in [1.29, 1.82) is 0 Å². The van der Waals surface area contributed by atoms with E-state index < -0.39 is 101 Å². The van der Waals surface area contributed by atoms with E-state index in [2.05, 4.69) is 10.6 Å². The molecule has 17 heteroatoms. The van der Waals surface area contributed by atoms with Crippen LogP contribution in [0.15, 0.2) is 24.3 Å². The van der Waals surface area contributed by atoms with Crippen LogP contribution in [0.5, 0.6) is 5.75 Å². The van der Waals surface area contributed by atoms with Gasteiger partial charge < -0.3 is 74.0 Å². The van der Waals surface area contributed by atoms with Crippen LogP contribution >= 0.6 is 0 Å². The second-order valence-electron chi connectivity index (χ2n) is 20.5. The van der Waals surface area contributed by atoms with Gasteiger partial charge in [-0.15, -0.1) is 0 Å². The van der Waals surface area contributed by atoms with Crippen LogP contribution in [0.25, 0.3) is 0 Å². The van der Waals surface area contributed by atoms with Gasteiger partial charge in [-0.25, -0.2) is 4.39 Å². The molecule has 16 nitrogen and oxygen atoms in total. The number of hydrogen-bond acceptors (Lipinski definition) is 16. The number of esters is 1. The molecule has 4 rings (SSSR count). The predicted octanol–water partition coefficient (Wildman–Crippen LogP) is 3.31. The zero-order chi connectivity index (χ0) is 48.8. The van der Waals surface area contributed by atoms with E-state index in [1.807, 2.05) is 65.7 Å². The summed E-state index contributed by atoms with van der Waals surface area (Å²) >= 11 is 0. The zero-order valence-corrected chi connectivity index (χ0v) is 41.9. The summed E-state index contributed by atoms with van der Waals surface area (Å²) < 4.78 is 60.1. The lowest BCUT2D eigenvalue weighted by Gasteiger charge is -2.53. The molecule has 0 spiro atoms. The lowest BCUT2D eigenvalue weighted by molar-refractivity contribution is -0.335. The molecule has 0 saturated carbocycles. The summed E-state index contributed by atoms with van der Waals surface area (Å²) in [6.45, 7) is 19.5. The zero-order valence-electron chi connectivity index (χ0n) is 41.9. The molecule has 0 amide bonds. The van der Waals surface area contributed by atoms with E-state index in [1.54, 1.807) is 46.8 Å². The Morgan fingerprint density at radius 1 is 0.938 bits per heavy atom. The number of carbonyl (C=O) groups is 1. The number of carbonyl (C=O) groups excluding carboxylic acids is 1. The highest BCUT2D eigenvalue weighted by Gasteiger charge is 2.58. The van der Waals surface area contributed by atoms with E-state index in [1.165, 1.54) is 26.2 Å². The second kappa shape index (κ2) is 23.0. The number of aliphatic hydroxyl groups excluding tert-OH is 1. The van der Waals surface area contributed by atoms with Gasteiger partial charge in [0.05, 0.1) is 42.0 Å². The topological polar surface area (TPSA) is 193 Å². The van der Waals surface area contributed by atoms with Crippen LogP contribution < -0.4 is 15.4 Å². The van der Waals surface area contributed by atoms with Crippen LogP contribution in [-0.4, -0.2) is 187 Å². The minimum atomic E-state index is -1.84. The fourth-order valence-electron chi connectivity index (χ4n) is 10.1. The van der Waals surface area contributed by atoms with Crippen molar-refractivity contribution in [3.8, 4) is 5.75 Å². The van der Waals surface area contributed by atoms with Crippen LogP contribution in [0.1, 0.15) is 94.9 Å². The molecule has 3 fully saturated rings. The summed E-state index contributed by atoms with van der Waals surface area (Å²) in [6.07, 6.45) is -7.54. The largest absolute Gasteiger partial charge is 0.483 e. The first-order valence-electron chi connectivity index (χ1n) is 23.6. The van der Waals surface area contributed by atoms with Gasteiger partial charge in [-0.2, -0.15) is 0 Å². The van der Waals surface area contributed by atoms with Crippen molar-refractivity contribution in [2.45, 2.75) is 185 Å². The van der Waals surface area contributed by atoms with Crippen LogP contribution in [0.2, 0.25) is 0 Å². The number of nitrogens with zero attached hydrogens (tertiary/aromatic N) is 2. The maximum atomic E-state index is 14.6. The number of likely N-dealkylation sites (N-methyl/N-ethyl adjacent to an activating group) is 2. The Kier molecular flexibility index (Phi) is 19.6. The Morgan fingerprint density at radius 2 is 1.58 bits per heavy atom. The Hall–Kier alpha value is -2.10. The summed E-state index contributed by atoms with van der Waals surface area (Å²) in [7, 11) is 9.35. The molecule has 0 radical (unpaired) electrons. The Morgan fingerprint density at radius 3 is 2.17 bits per heavy atom. The standard InChI is InChI=1S/C48H85FN4O12/c1-16-37-47(10,57)41(54)32(6)51-26-28(2)24-45(8,56)42(65-44-40(36(53(13)14)23-29(3)60-44)62-35-19-17-34(49)18-20-35)30(4)39(31(5)43(55)63-37)64-38-25-46(9,59-15)48(58,33(7)61-38)27-50-21-22-52(11)12/h17-20,28-33,36-42,44,50-51,54,56-58H,16,21-27H2,1-15H3/t28-,29-,30+,31-,32-,33+,36+,37-,38+,39+,40-,41-,42-,44+,45-,46-,47-,48+/m1/s1. The van der Waals surface area contributed by atoms with Crippen molar-refractivity contribution in [3.05, 3.63) is 30.1 Å². The van der Waals surface area contributed by atoms with E-state index in [0.717, 1.165) is 6.54 Å². The molecule has 3 heterocycles. The third kappa shape index (κ3) is 13.4. The maximum Gasteiger partial charge on any atom is 0.311 e. The van der Waals surface area contributed by atoms with Gasteiger partial charge in [0.2, 0.25) is 0 Å². The van der Waals surface area contributed by atoms with Crippen molar-refractivity contribution in [1.82, 2.24) is 20.4 Å². The third-order valence-corrected chi connectivity index (χ3v) is 14.4. The van der Waals surface area contributed by atoms with Crippen molar-refractivity contribution in [2.24, 2.45) is 17.8 Å². The smallest absolute Gasteiger partial charge is 0.311 e. The first-order chi connectivity index (χ1) is 30.2. The van der Waals surface area contributed by atoms with E-state index >= 15 is 0 Å². The van der Waals surface area contributed by atoms with Gasteiger partial charge in [-0.1, -0.05) is 20.8 Å².